The first-order valence-corrected chi connectivity index (χ1v) is 9.55. The first kappa shape index (κ1) is 16.4. The third-order valence-electron chi connectivity index (χ3n) is 4.10. The van der Waals surface area contributed by atoms with Gasteiger partial charge in [0.25, 0.3) is 0 Å². The highest BCUT2D eigenvalue weighted by Crippen LogP contribution is 2.38. The summed E-state index contributed by atoms with van der Waals surface area (Å²) in [6, 6.07) is 9.67. The van der Waals surface area contributed by atoms with Crippen LogP contribution in [-0.2, 0) is 14.9 Å². The summed E-state index contributed by atoms with van der Waals surface area (Å²) >= 11 is 0. The summed E-state index contributed by atoms with van der Waals surface area (Å²) in [6.07, 6.45) is 0. The summed E-state index contributed by atoms with van der Waals surface area (Å²) in [5.74, 6) is 0. The molecular weight excluding hydrogens is 256 g/mol. The van der Waals surface area contributed by atoms with Gasteiger partial charge in [0.2, 0.25) is 0 Å². The molecule has 1 atom stereocenters. The summed E-state index contributed by atoms with van der Waals surface area (Å²) in [5, 5.41) is 9.41. The Morgan fingerprint density at radius 3 is 2.00 bits per heavy atom. The number of hydrogen-bond donors (Lipinski definition) is 1. The monoisotopic (exact) mass is 282 g/mol. The maximum absolute atomic E-state index is 9.27. The van der Waals surface area contributed by atoms with Gasteiger partial charge < -0.3 is 4.43 Å². The molecule has 0 bridgehead atoms. The minimum absolute atomic E-state index is 0.139. The second kappa shape index (κ2) is 5.75. The average molecular weight is 282 g/mol. The molecule has 0 saturated carbocycles. The van der Waals surface area contributed by atoms with Crippen LogP contribution < -0.4 is 0 Å². The van der Waals surface area contributed by atoms with Gasteiger partial charge in [-0.15, -0.1) is 0 Å². The summed E-state index contributed by atoms with van der Waals surface area (Å²) < 4.78 is 6.16. The summed E-state index contributed by atoms with van der Waals surface area (Å²) in [4.78, 5) is 4.73. The van der Waals surface area contributed by atoms with Gasteiger partial charge in [0.05, 0.1) is 6.61 Å². The molecule has 108 valence electrons. The van der Waals surface area contributed by atoms with Crippen LogP contribution in [0.1, 0.15) is 33.3 Å². The van der Waals surface area contributed by atoms with Crippen LogP contribution in [0.15, 0.2) is 30.3 Å². The van der Waals surface area contributed by atoms with Crippen molar-refractivity contribution in [1.29, 1.82) is 0 Å². The number of rotatable bonds is 5. The highest BCUT2D eigenvalue weighted by Gasteiger charge is 2.40. The maximum Gasteiger partial charge on any atom is 0.192 e. The normalized spacial score (nSPS) is 16.2. The van der Waals surface area contributed by atoms with Gasteiger partial charge in [0.15, 0.2) is 8.32 Å². The summed E-state index contributed by atoms with van der Waals surface area (Å²) in [5.41, 5.74) is 0.0905. The maximum atomic E-state index is 9.27. The van der Waals surface area contributed by atoms with Crippen LogP contribution in [0.25, 0.3) is 0 Å². The van der Waals surface area contributed by atoms with Crippen molar-refractivity contribution in [2.75, 3.05) is 6.61 Å². The van der Waals surface area contributed by atoms with Gasteiger partial charge in [-0.1, -0.05) is 51.1 Å². The van der Waals surface area contributed by atoms with Crippen LogP contribution in [-0.4, -0.2) is 20.2 Å². The first-order valence-electron chi connectivity index (χ1n) is 6.64. The summed E-state index contributed by atoms with van der Waals surface area (Å²) in [6.45, 7) is 13.2. The van der Waals surface area contributed by atoms with Crippen LogP contribution in [0.3, 0.4) is 0 Å². The van der Waals surface area contributed by atoms with Gasteiger partial charge in [-0.3, -0.25) is 5.26 Å². The van der Waals surface area contributed by atoms with Crippen molar-refractivity contribution in [2.45, 2.75) is 51.4 Å². The first-order chi connectivity index (χ1) is 8.62. The molecule has 0 fully saturated rings. The topological polar surface area (TPSA) is 38.7 Å². The Balaban J connectivity index is 2.84. The van der Waals surface area contributed by atoms with Crippen molar-refractivity contribution in [3.05, 3.63) is 35.9 Å². The molecule has 0 radical (unpaired) electrons. The largest absolute Gasteiger partial charge is 0.413 e. The molecule has 0 aliphatic rings. The standard InChI is InChI=1S/C15H26O3Si/c1-14(2,3)19(5,6)17-12-15(4,18-16)13-10-8-7-9-11-13/h7-11,16H,12H2,1-6H3/t15-/m0/s1. The smallest absolute Gasteiger partial charge is 0.192 e. The Bertz CT molecular complexity index is 398. The third-order valence-corrected chi connectivity index (χ3v) is 8.58. The van der Waals surface area contributed by atoms with E-state index in [1.54, 1.807) is 0 Å². The molecule has 3 nitrogen and oxygen atoms in total. The molecule has 0 aliphatic heterocycles. The molecule has 1 rings (SSSR count). The van der Waals surface area contributed by atoms with Crippen LogP contribution in [0.2, 0.25) is 18.1 Å². The predicted molar refractivity (Wildman–Crippen MR) is 80.7 cm³/mol. The van der Waals surface area contributed by atoms with Gasteiger partial charge in [0, 0.05) is 0 Å². The molecule has 0 amide bonds. The van der Waals surface area contributed by atoms with Crippen molar-refractivity contribution in [3.63, 3.8) is 0 Å². The van der Waals surface area contributed by atoms with Crippen molar-refractivity contribution >= 4 is 8.32 Å². The molecule has 0 heterocycles. The molecular formula is C15H26O3Si. The van der Waals surface area contributed by atoms with E-state index in [1.807, 2.05) is 37.3 Å². The quantitative estimate of drug-likeness (QED) is 0.494. The Labute approximate surface area is 117 Å². The van der Waals surface area contributed by atoms with E-state index in [0.717, 1.165) is 5.56 Å². The van der Waals surface area contributed by atoms with Crippen LogP contribution in [0.4, 0.5) is 0 Å². The predicted octanol–water partition coefficient (Wildman–Crippen LogP) is 4.41. The van der Waals surface area contributed by atoms with E-state index < -0.39 is 13.9 Å². The van der Waals surface area contributed by atoms with E-state index in [1.165, 1.54) is 0 Å². The Morgan fingerprint density at radius 1 is 1.05 bits per heavy atom. The second-order valence-electron chi connectivity index (χ2n) is 6.74. The zero-order chi connectivity index (χ0) is 14.7. The molecule has 1 aromatic carbocycles. The number of benzene rings is 1. The minimum atomic E-state index is -1.85. The fraction of sp³-hybridized carbons (Fsp3) is 0.600. The lowest BCUT2D eigenvalue weighted by molar-refractivity contribution is -0.330. The SMILES string of the molecule is CC(C)(C)[Si](C)(C)OC[C@](C)(OO)c1ccccc1. The average Bonchev–Trinajstić information content (AvgIpc) is 2.36. The van der Waals surface area contributed by atoms with E-state index in [2.05, 4.69) is 33.9 Å². The van der Waals surface area contributed by atoms with E-state index in [0.29, 0.717) is 6.61 Å². The van der Waals surface area contributed by atoms with E-state index in [-0.39, 0.29) is 5.04 Å². The minimum Gasteiger partial charge on any atom is -0.413 e. The fourth-order valence-electron chi connectivity index (χ4n) is 1.49. The molecule has 0 saturated heterocycles. The van der Waals surface area contributed by atoms with E-state index in [4.69, 9.17) is 9.31 Å². The van der Waals surface area contributed by atoms with Gasteiger partial charge in [0.1, 0.15) is 5.60 Å². The second-order valence-corrected chi connectivity index (χ2v) is 11.5. The van der Waals surface area contributed by atoms with Gasteiger partial charge >= 0.3 is 0 Å². The lowest BCUT2D eigenvalue weighted by atomic mass is 9.97. The molecule has 0 aliphatic carbocycles. The van der Waals surface area contributed by atoms with E-state index in [9.17, 15) is 5.26 Å². The zero-order valence-corrected chi connectivity index (χ0v) is 13.9. The van der Waals surface area contributed by atoms with Crippen molar-refractivity contribution in [2.24, 2.45) is 0 Å². The highest BCUT2D eigenvalue weighted by molar-refractivity contribution is 6.74. The lowest BCUT2D eigenvalue weighted by Crippen LogP contribution is -2.45. The molecule has 19 heavy (non-hydrogen) atoms. The van der Waals surface area contributed by atoms with Crippen LogP contribution in [0.5, 0.6) is 0 Å². The molecule has 0 unspecified atom stereocenters. The third kappa shape index (κ3) is 3.89. The Morgan fingerprint density at radius 2 is 1.58 bits per heavy atom. The van der Waals surface area contributed by atoms with Crippen molar-refractivity contribution in [1.82, 2.24) is 0 Å². The Kier molecular flexibility index (Phi) is 4.95. The molecule has 1 N–H and O–H groups in total. The van der Waals surface area contributed by atoms with Gasteiger partial charge in [-0.25, -0.2) is 4.89 Å². The Hall–Kier alpha value is -0.683. The van der Waals surface area contributed by atoms with Crippen molar-refractivity contribution < 1.29 is 14.6 Å². The summed E-state index contributed by atoms with van der Waals surface area (Å²) in [7, 11) is -1.85. The molecule has 1 aromatic rings. The highest BCUT2D eigenvalue weighted by atomic mass is 28.4. The van der Waals surface area contributed by atoms with Crippen LogP contribution >= 0.6 is 0 Å². The lowest BCUT2D eigenvalue weighted by Gasteiger charge is -2.39. The zero-order valence-electron chi connectivity index (χ0n) is 12.9. The van der Waals surface area contributed by atoms with Gasteiger partial charge in [-0.2, -0.15) is 0 Å². The van der Waals surface area contributed by atoms with E-state index >= 15 is 0 Å². The fourth-order valence-corrected chi connectivity index (χ4v) is 2.56. The van der Waals surface area contributed by atoms with Crippen molar-refractivity contribution in [3.8, 4) is 0 Å². The van der Waals surface area contributed by atoms with Crippen LogP contribution in [0, 0.1) is 0 Å². The molecule has 4 heteroatoms. The number of hydrogen-bond acceptors (Lipinski definition) is 3. The molecule has 0 aromatic heterocycles. The molecule has 0 spiro atoms. The van der Waals surface area contributed by atoms with Gasteiger partial charge in [-0.05, 0) is 30.6 Å².